The van der Waals surface area contributed by atoms with Gasteiger partial charge in [-0.05, 0) is 133 Å². The summed E-state index contributed by atoms with van der Waals surface area (Å²) in [6, 6.07) is 6.45. The highest BCUT2D eigenvalue weighted by Crippen LogP contribution is 2.63. The summed E-state index contributed by atoms with van der Waals surface area (Å²) in [5.74, 6) is -25.3. The summed E-state index contributed by atoms with van der Waals surface area (Å²) in [5, 5.41) is 0. The predicted molar refractivity (Wildman–Crippen MR) is 609 cm³/mol. The number of unbranched alkanes of at least 4 members (excludes halogenated alkanes) is 32. The molecule has 8 bridgehead atoms. The number of ether oxygens (including phenoxy) is 12. The summed E-state index contributed by atoms with van der Waals surface area (Å²) in [6.45, 7) is 26.5. The van der Waals surface area contributed by atoms with Crippen molar-refractivity contribution >= 4 is 263 Å². The van der Waals surface area contributed by atoms with Gasteiger partial charge in [0, 0.05) is 68.2 Å². The van der Waals surface area contributed by atoms with Crippen LogP contribution in [0, 0.1) is 0 Å². The summed E-state index contributed by atoms with van der Waals surface area (Å²) in [6.07, 6.45) is 28.1. The van der Waals surface area contributed by atoms with E-state index in [9.17, 15) is 0 Å². The fraction of sp³-hybridized carbons (Fsp3) is 0.667. The summed E-state index contributed by atoms with van der Waals surface area (Å²) in [7, 11) is 0. The topological polar surface area (TPSA) is 316 Å². The number of alkyl halides is 12. The molecule has 0 fully saturated rings. The molecule has 0 aliphatic heterocycles. The summed E-state index contributed by atoms with van der Waals surface area (Å²) < 4.78 is 82.9. The number of halogens is 12. The molecule has 0 aromatic heterocycles. The van der Waals surface area contributed by atoms with Crippen molar-refractivity contribution in [2.45, 2.75) is 449 Å². The molecular weight excluding hydrogens is 2640 g/mol. The second-order valence-corrected chi connectivity index (χ2v) is 53.8. The van der Waals surface area contributed by atoms with Crippen LogP contribution < -0.4 is 56.8 Å². The van der Waals surface area contributed by atoms with Gasteiger partial charge in [-0.3, -0.25) is 57.5 Å². The molecule has 0 amide bonds. The number of benzene rings is 4. The third-order valence-corrected chi connectivity index (χ3v) is 29.2. The van der Waals surface area contributed by atoms with Gasteiger partial charge in [-0.2, -0.15) is 0 Å². The fourth-order valence-corrected chi connectivity index (χ4v) is 17.8. The van der Waals surface area contributed by atoms with Crippen LogP contribution in [0.25, 0.3) is 0 Å². The molecule has 1 aliphatic carbocycles. The van der Waals surface area contributed by atoms with Crippen molar-refractivity contribution in [3.63, 3.8) is 0 Å². The van der Waals surface area contributed by atoms with Gasteiger partial charge in [0.1, 0.15) is 57.9 Å². The van der Waals surface area contributed by atoms with Gasteiger partial charge in [0.25, 0.3) is 0 Å². The van der Waals surface area contributed by atoms with Crippen molar-refractivity contribution in [1.82, 2.24) is 0 Å². The second kappa shape index (κ2) is 69.1. The molecule has 1 aliphatic rings. The van der Waals surface area contributed by atoms with Gasteiger partial charge in [-0.25, -0.2) is 0 Å². The SMILES string of the molecule is CCCCCCCCCCCC1c2cc(c(OC(=O)C(C)Br)c(OC(=O)C(C)Br)c2OC(=O)C(C)Br)C(CCCCCCCCCCC)c2cc(c(OC(=O)C(C)Br)c(OC(=O)C(C)Br)c2OC(=O)C(C)Br)C(CCCCCCCCCCC)c2cc(c(OC(=O)C(C)Br)c(OC(=O)C(C)Br)c2OC(=O)C(C)Br)C(CCCCCCCCCCC)c2cc1c(OC(=O)C(C)Br)c(OC(=O)C(C)Br)c2OC(=O)C(C)Br. The van der Waals surface area contributed by atoms with E-state index < -0.39 is 222 Å². The van der Waals surface area contributed by atoms with E-state index in [0.29, 0.717) is 51.4 Å². The molecule has 24 nitrogen and oxygen atoms in total. The van der Waals surface area contributed by atoms with Crippen molar-refractivity contribution in [2.75, 3.05) is 0 Å². The van der Waals surface area contributed by atoms with Gasteiger partial charge in [0.2, 0.25) is 23.0 Å². The number of rotatable bonds is 64. The van der Waals surface area contributed by atoms with Crippen LogP contribution in [0.15, 0.2) is 24.3 Å². The van der Waals surface area contributed by atoms with Gasteiger partial charge >= 0.3 is 71.6 Å². The number of hydrogen-bond donors (Lipinski definition) is 0. The highest BCUT2D eigenvalue weighted by atomic mass is 79.9. The Morgan fingerprint density at radius 3 is 0.354 bits per heavy atom. The van der Waals surface area contributed by atoms with E-state index in [0.717, 1.165) is 154 Å². The monoisotopic (exact) mass is 2780 g/mol. The van der Waals surface area contributed by atoms with E-state index in [2.05, 4.69) is 219 Å². The normalized spacial score (nSPS) is 16.5. The van der Waals surface area contributed by atoms with E-state index in [4.69, 9.17) is 56.8 Å². The molecule has 0 N–H and O–H groups in total. The Hall–Kier alpha value is -3.72. The Bertz CT molecular complexity index is 4050. The molecular formula is C108H148Br12O24. The number of carbonyl (C=O) groups excluding carboxylic acids is 12. The number of carbonyl (C=O) groups is 12. The lowest BCUT2D eigenvalue weighted by atomic mass is 9.75. The molecule has 4 aromatic carbocycles. The first-order chi connectivity index (χ1) is 68.3. The largest absolute Gasteiger partial charge is 0.421 e. The standard InChI is InChI=1S/C108H148Br12O24/c1-17-21-25-29-33-37-41-45-49-53-73-77-57-79(87(135-99(123)63(7)111)93(141-105(129)69(13)117)85(77)133-97(121)61(5)109)74(54-50-46-42-38-34-30-26-22-18-2)81-59-83(91(139-103(127)67(11)115)95(143-107(131)71(15)119)89(81)137-101(125)65(9)113)76(56-52-48-44-40-36-32-28-24-20-4)84-60-82(90(138-102(126)66(10)114)96(144-108(132)72(16)120)92(84)140-104(128)68(12)116)75(55-51-47-43-39-35-31-27-23-19-3)80-58-78(73)86(134-98(122)62(6)110)94(142-106(130)70(14)118)88(80)136-100(124)64(8)112/h57-76H,17-56H2,1-16H3. The molecule has 0 radical (unpaired) electrons. The lowest BCUT2D eigenvalue weighted by molar-refractivity contribution is -0.137. The Labute approximate surface area is 954 Å². The molecule has 0 heterocycles. The molecule has 0 saturated carbocycles. The molecule has 0 spiro atoms. The number of esters is 12. The lowest BCUT2D eigenvalue weighted by Gasteiger charge is -2.34. The first-order valence-electron chi connectivity index (χ1n) is 51.4. The van der Waals surface area contributed by atoms with E-state index >= 15 is 57.5 Å². The minimum absolute atomic E-state index is 0.0799. The zero-order valence-electron chi connectivity index (χ0n) is 86.2. The maximum atomic E-state index is 15.7. The first-order valence-corrected chi connectivity index (χ1v) is 62.4. The minimum Gasteiger partial charge on any atom is -0.421 e. The Balaban J connectivity index is 2.76. The Kier molecular flexibility index (Phi) is 62.8. The van der Waals surface area contributed by atoms with Crippen LogP contribution in [-0.2, 0) is 57.5 Å². The van der Waals surface area contributed by atoms with Crippen LogP contribution in [0.5, 0.6) is 69.0 Å². The minimum atomic E-state index is -1.51. The predicted octanol–water partition coefficient (Wildman–Crippen LogP) is 32.5. The van der Waals surface area contributed by atoms with Gasteiger partial charge < -0.3 is 56.8 Å². The average molecular weight is 2790 g/mol. The number of hydrogen-bond acceptors (Lipinski definition) is 24. The fourth-order valence-electron chi connectivity index (χ4n) is 16.7. The first kappa shape index (κ1) is 131. The molecule has 36 heteroatoms. The lowest BCUT2D eigenvalue weighted by Crippen LogP contribution is -2.27. The highest BCUT2D eigenvalue weighted by molar-refractivity contribution is 9.11. The van der Waals surface area contributed by atoms with Gasteiger partial charge in [-0.15, -0.1) is 0 Å². The summed E-state index contributed by atoms with van der Waals surface area (Å²) in [5.41, 5.74) is -0.639. The second-order valence-electron chi connectivity index (χ2n) is 37.3. The maximum Gasteiger partial charge on any atom is 0.325 e. The van der Waals surface area contributed by atoms with Crippen molar-refractivity contribution in [2.24, 2.45) is 0 Å². The van der Waals surface area contributed by atoms with Gasteiger partial charge in [-0.1, -0.05) is 450 Å². The van der Waals surface area contributed by atoms with Crippen LogP contribution in [0.4, 0.5) is 0 Å². The zero-order valence-corrected chi connectivity index (χ0v) is 105. The van der Waals surface area contributed by atoms with Crippen LogP contribution in [0.1, 0.15) is 436 Å². The van der Waals surface area contributed by atoms with Crippen LogP contribution in [0.2, 0.25) is 0 Å². The van der Waals surface area contributed by atoms with Crippen LogP contribution in [-0.4, -0.2) is 130 Å². The van der Waals surface area contributed by atoms with Crippen LogP contribution in [0.3, 0.4) is 0 Å². The zero-order chi connectivity index (χ0) is 107. The maximum absolute atomic E-state index is 15.7. The molecule has 12 atom stereocenters. The highest BCUT2D eigenvalue weighted by Gasteiger charge is 2.46. The molecule has 4 aromatic rings. The molecule has 808 valence electrons. The van der Waals surface area contributed by atoms with E-state index in [-0.39, 0.29) is 95.9 Å². The van der Waals surface area contributed by atoms with Crippen LogP contribution >= 0.6 is 191 Å². The van der Waals surface area contributed by atoms with Crippen molar-refractivity contribution in [1.29, 1.82) is 0 Å². The Morgan fingerprint density at radius 2 is 0.257 bits per heavy atom. The van der Waals surface area contributed by atoms with Gasteiger partial charge in [0.05, 0.1) is 0 Å². The van der Waals surface area contributed by atoms with Crippen molar-refractivity contribution in [3.05, 3.63) is 68.8 Å². The van der Waals surface area contributed by atoms with E-state index in [1.54, 1.807) is 24.3 Å². The third-order valence-electron chi connectivity index (χ3n) is 24.7. The van der Waals surface area contributed by atoms with E-state index in [1.165, 1.54) is 83.1 Å². The molecule has 144 heavy (non-hydrogen) atoms. The summed E-state index contributed by atoms with van der Waals surface area (Å²) >= 11 is 42.0. The van der Waals surface area contributed by atoms with Crippen molar-refractivity contribution < 1.29 is 114 Å². The quantitative estimate of drug-likeness (QED) is 0.0171. The molecule has 5 rings (SSSR count). The number of fused-ring (bicyclic) bond motifs is 8. The Morgan fingerprint density at radius 1 is 0.167 bits per heavy atom. The van der Waals surface area contributed by atoms with E-state index in [1.807, 2.05) is 0 Å². The summed E-state index contributed by atoms with van der Waals surface area (Å²) in [4.78, 5) is 174. The third kappa shape index (κ3) is 42.3. The molecule has 0 saturated heterocycles. The smallest absolute Gasteiger partial charge is 0.325 e. The van der Waals surface area contributed by atoms with Gasteiger partial charge in [0.15, 0.2) is 46.0 Å². The molecule has 12 unspecified atom stereocenters. The average Bonchev–Trinajstić information content (AvgIpc) is 0.700. The van der Waals surface area contributed by atoms with Crippen molar-refractivity contribution in [3.8, 4) is 69.0 Å².